The van der Waals surface area contributed by atoms with Crippen LogP contribution in [0.1, 0.15) is 44.1 Å². The summed E-state index contributed by atoms with van der Waals surface area (Å²) < 4.78 is 0. The third kappa shape index (κ3) is 2.30. The predicted octanol–water partition coefficient (Wildman–Crippen LogP) is 3.77. The first-order valence-corrected chi connectivity index (χ1v) is 7.41. The molecule has 2 aliphatic rings. The number of anilines is 1. The molecule has 0 unspecified atom stereocenters. The Bertz CT molecular complexity index is 505. The van der Waals surface area contributed by atoms with Gasteiger partial charge in [-0.05, 0) is 37.2 Å². The molecule has 0 aromatic carbocycles. The zero-order valence-electron chi connectivity index (χ0n) is 11.0. The second-order valence-corrected chi connectivity index (χ2v) is 6.18. The van der Waals surface area contributed by atoms with Crippen molar-refractivity contribution in [3.8, 4) is 6.07 Å². The number of aromatic nitrogens is 1. The van der Waals surface area contributed by atoms with Gasteiger partial charge in [0.15, 0.2) is 0 Å². The summed E-state index contributed by atoms with van der Waals surface area (Å²) in [6.45, 7) is 2.03. The largest absolute Gasteiger partial charge is 0.355 e. The second kappa shape index (κ2) is 5.02. The molecular formula is C15H18ClN3. The minimum Gasteiger partial charge on any atom is -0.355 e. The van der Waals surface area contributed by atoms with Crippen molar-refractivity contribution in [2.24, 2.45) is 5.41 Å². The lowest BCUT2D eigenvalue weighted by molar-refractivity contribution is 0.226. The number of halogens is 1. The number of hydrogen-bond acceptors (Lipinski definition) is 3. The van der Waals surface area contributed by atoms with Gasteiger partial charge in [0, 0.05) is 19.3 Å². The van der Waals surface area contributed by atoms with E-state index in [1.807, 2.05) is 0 Å². The number of pyridine rings is 1. The third-order valence-corrected chi connectivity index (χ3v) is 5.15. The first-order chi connectivity index (χ1) is 9.24. The summed E-state index contributed by atoms with van der Waals surface area (Å²) in [5.74, 6) is 0.786. The molecule has 3 rings (SSSR count). The van der Waals surface area contributed by atoms with Crippen LogP contribution in [0, 0.1) is 16.7 Å². The van der Waals surface area contributed by atoms with Gasteiger partial charge < -0.3 is 4.90 Å². The summed E-state index contributed by atoms with van der Waals surface area (Å²) in [6, 6.07) is 3.80. The van der Waals surface area contributed by atoms with Crippen LogP contribution < -0.4 is 4.90 Å². The van der Waals surface area contributed by atoms with Crippen molar-refractivity contribution in [1.82, 2.24) is 4.98 Å². The topological polar surface area (TPSA) is 39.9 Å². The molecule has 1 aliphatic heterocycles. The van der Waals surface area contributed by atoms with Gasteiger partial charge in [-0.2, -0.15) is 5.26 Å². The molecule has 0 bridgehead atoms. The van der Waals surface area contributed by atoms with Crippen LogP contribution in [0.2, 0.25) is 5.02 Å². The molecule has 1 aromatic rings. The van der Waals surface area contributed by atoms with Crippen LogP contribution in [0.5, 0.6) is 0 Å². The second-order valence-electron chi connectivity index (χ2n) is 5.80. The molecule has 0 amide bonds. The number of nitrogens with zero attached hydrogens (tertiary/aromatic N) is 3. The molecule has 3 nitrogen and oxygen atoms in total. The Labute approximate surface area is 119 Å². The summed E-state index contributed by atoms with van der Waals surface area (Å²) in [5.41, 5.74) is 1.11. The van der Waals surface area contributed by atoms with Gasteiger partial charge in [0.25, 0.3) is 0 Å². The smallest absolute Gasteiger partial charge is 0.148 e. The van der Waals surface area contributed by atoms with Crippen molar-refractivity contribution in [1.29, 1.82) is 5.26 Å². The van der Waals surface area contributed by atoms with Crippen LogP contribution in [0.25, 0.3) is 0 Å². The minimum absolute atomic E-state index is 0.507. The molecule has 2 heterocycles. The first-order valence-electron chi connectivity index (χ1n) is 7.04. The van der Waals surface area contributed by atoms with Gasteiger partial charge in [0.1, 0.15) is 16.9 Å². The van der Waals surface area contributed by atoms with Gasteiger partial charge >= 0.3 is 0 Å². The van der Waals surface area contributed by atoms with E-state index in [1.165, 1.54) is 38.5 Å². The van der Waals surface area contributed by atoms with Gasteiger partial charge in [-0.3, -0.25) is 0 Å². The molecule has 1 aliphatic carbocycles. The van der Waals surface area contributed by atoms with E-state index in [0.717, 1.165) is 18.9 Å². The fourth-order valence-corrected chi connectivity index (χ4v) is 3.83. The minimum atomic E-state index is 0.507. The fraction of sp³-hybridized carbons (Fsp3) is 0.600. The maximum Gasteiger partial charge on any atom is 0.148 e. The van der Waals surface area contributed by atoms with E-state index >= 15 is 0 Å². The number of rotatable bonds is 1. The zero-order chi connectivity index (χ0) is 13.3. The summed E-state index contributed by atoms with van der Waals surface area (Å²) in [7, 11) is 0. The third-order valence-electron chi connectivity index (χ3n) is 4.78. The van der Waals surface area contributed by atoms with Gasteiger partial charge in [-0.25, -0.2) is 4.98 Å². The Kier molecular flexibility index (Phi) is 3.36. The monoisotopic (exact) mass is 275 g/mol. The van der Waals surface area contributed by atoms with Crippen molar-refractivity contribution in [3.63, 3.8) is 0 Å². The normalized spacial score (nSPS) is 21.6. The highest BCUT2D eigenvalue weighted by Crippen LogP contribution is 2.47. The maximum absolute atomic E-state index is 9.03. The van der Waals surface area contributed by atoms with Crippen LogP contribution in [-0.2, 0) is 0 Å². The molecule has 1 spiro atoms. The van der Waals surface area contributed by atoms with Crippen molar-refractivity contribution in [2.45, 2.75) is 38.5 Å². The quantitative estimate of drug-likeness (QED) is 0.783. The van der Waals surface area contributed by atoms with Gasteiger partial charge in [-0.1, -0.05) is 24.4 Å². The maximum atomic E-state index is 9.03. The highest BCUT2D eigenvalue weighted by molar-refractivity contribution is 6.34. The number of hydrogen-bond donors (Lipinski definition) is 0. The Morgan fingerprint density at radius 3 is 2.53 bits per heavy atom. The highest BCUT2D eigenvalue weighted by atomic mass is 35.5. The van der Waals surface area contributed by atoms with Crippen molar-refractivity contribution in [2.75, 3.05) is 18.0 Å². The SMILES string of the molecule is N#Cc1ccnc(N2CCC3(CCCC3)CC2)c1Cl. The summed E-state index contributed by atoms with van der Waals surface area (Å²) in [4.78, 5) is 6.61. The molecule has 1 aromatic heterocycles. The Balaban J connectivity index is 1.77. The lowest BCUT2D eigenvalue weighted by Crippen LogP contribution is -2.39. The molecule has 0 N–H and O–H groups in total. The van der Waals surface area contributed by atoms with Gasteiger partial charge in [0.2, 0.25) is 0 Å². The molecule has 4 heteroatoms. The average Bonchev–Trinajstić information content (AvgIpc) is 2.89. The first kappa shape index (κ1) is 12.7. The van der Waals surface area contributed by atoms with Crippen LogP contribution in [0.15, 0.2) is 12.3 Å². The lowest BCUT2D eigenvalue weighted by Gasteiger charge is -2.40. The molecule has 19 heavy (non-hydrogen) atoms. The standard InChI is InChI=1S/C15H18ClN3/c16-13-12(11-17)3-8-18-14(13)19-9-6-15(7-10-19)4-1-2-5-15/h3,8H,1-2,4-7,9-10H2. The molecule has 0 radical (unpaired) electrons. The average molecular weight is 276 g/mol. The Hall–Kier alpha value is -1.27. The van der Waals surface area contributed by atoms with E-state index in [9.17, 15) is 0 Å². The van der Waals surface area contributed by atoms with E-state index in [1.54, 1.807) is 12.3 Å². The van der Waals surface area contributed by atoms with Crippen molar-refractivity contribution < 1.29 is 0 Å². The number of piperidine rings is 1. The van der Waals surface area contributed by atoms with Crippen LogP contribution in [0.3, 0.4) is 0 Å². The molecule has 100 valence electrons. The molecule has 1 saturated carbocycles. The molecule has 1 saturated heterocycles. The van der Waals surface area contributed by atoms with E-state index < -0.39 is 0 Å². The van der Waals surface area contributed by atoms with E-state index in [0.29, 0.717) is 16.0 Å². The van der Waals surface area contributed by atoms with E-state index in [4.69, 9.17) is 16.9 Å². The predicted molar refractivity (Wildman–Crippen MR) is 76.3 cm³/mol. The summed E-state index contributed by atoms with van der Waals surface area (Å²) in [5, 5.41) is 9.53. The van der Waals surface area contributed by atoms with Gasteiger partial charge in [0.05, 0.1) is 5.56 Å². The van der Waals surface area contributed by atoms with Crippen LogP contribution in [-0.4, -0.2) is 18.1 Å². The van der Waals surface area contributed by atoms with E-state index in [-0.39, 0.29) is 0 Å². The Morgan fingerprint density at radius 1 is 1.21 bits per heavy atom. The fourth-order valence-electron chi connectivity index (χ4n) is 3.56. The van der Waals surface area contributed by atoms with Crippen LogP contribution in [0.4, 0.5) is 5.82 Å². The van der Waals surface area contributed by atoms with Crippen molar-refractivity contribution >= 4 is 17.4 Å². The van der Waals surface area contributed by atoms with Crippen LogP contribution >= 0.6 is 11.6 Å². The number of nitriles is 1. The van der Waals surface area contributed by atoms with Gasteiger partial charge in [-0.15, -0.1) is 0 Å². The zero-order valence-corrected chi connectivity index (χ0v) is 11.8. The molecule has 0 atom stereocenters. The highest BCUT2D eigenvalue weighted by Gasteiger charge is 2.37. The molecular weight excluding hydrogens is 258 g/mol. The Morgan fingerprint density at radius 2 is 1.89 bits per heavy atom. The van der Waals surface area contributed by atoms with Crippen molar-refractivity contribution in [3.05, 3.63) is 22.8 Å². The lowest BCUT2D eigenvalue weighted by atomic mass is 9.77. The summed E-state index contributed by atoms with van der Waals surface area (Å²) in [6.07, 6.45) is 9.72. The van der Waals surface area contributed by atoms with E-state index in [2.05, 4.69) is 16.0 Å². The summed E-state index contributed by atoms with van der Waals surface area (Å²) >= 11 is 6.27. The molecule has 2 fully saturated rings.